The van der Waals surface area contributed by atoms with Crippen molar-refractivity contribution in [3.8, 4) is 5.75 Å². The maximum Gasteiger partial charge on any atom is 0.266 e. The van der Waals surface area contributed by atoms with Crippen LogP contribution >= 0.6 is 24.0 Å². The van der Waals surface area contributed by atoms with E-state index in [0.717, 1.165) is 30.0 Å². The van der Waals surface area contributed by atoms with Gasteiger partial charge in [0.15, 0.2) is 0 Å². The van der Waals surface area contributed by atoms with Crippen molar-refractivity contribution in [2.45, 2.75) is 38.6 Å². The van der Waals surface area contributed by atoms with Crippen molar-refractivity contribution in [1.82, 2.24) is 15.1 Å². The molecule has 0 bridgehead atoms. The van der Waals surface area contributed by atoms with Crippen LogP contribution < -0.4 is 10.1 Å². The highest BCUT2D eigenvalue weighted by molar-refractivity contribution is 8.26. The SMILES string of the molecule is COc1ccc(C(CNC(=O)CCN2C(=O)/C(=C/c3ccc(C)cc3)SC2=S)N2CCCCC2)cc1. The van der Waals surface area contributed by atoms with Gasteiger partial charge in [0.2, 0.25) is 5.91 Å². The first kappa shape index (κ1) is 26.4. The van der Waals surface area contributed by atoms with E-state index in [0.29, 0.717) is 15.8 Å². The van der Waals surface area contributed by atoms with Gasteiger partial charge in [0, 0.05) is 19.5 Å². The summed E-state index contributed by atoms with van der Waals surface area (Å²) < 4.78 is 5.80. The lowest BCUT2D eigenvalue weighted by Crippen LogP contribution is -2.41. The molecule has 0 radical (unpaired) electrons. The van der Waals surface area contributed by atoms with Gasteiger partial charge < -0.3 is 10.1 Å². The molecular weight excluding hydrogens is 490 g/mol. The predicted octanol–water partition coefficient (Wildman–Crippen LogP) is 4.94. The van der Waals surface area contributed by atoms with Gasteiger partial charge in [0.25, 0.3) is 5.91 Å². The van der Waals surface area contributed by atoms with Gasteiger partial charge in [-0.25, -0.2) is 0 Å². The third-order valence-electron chi connectivity index (χ3n) is 6.64. The number of hydrogen-bond acceptors (Lipinski definition) is 6. The number of ether oxygens (including phenoxy) is 1. The largest absolute Gasteiger partial charge is 0.497 e. The third-order valence-corrected chi connectivity index (χ3v) is 8.01. The number of thiocarbonyl (C=S) groups is 1. The Labute approximate surface area is 223 Å². The molecule has 2 saturated heterocycles. The molecule has 1 N–H and O–H groups in total. The second-order valence-electron chi connectivity index (χ2n) is 9.18. The number of carbonyl (C=O) groups excluding carboxylic acids is 2. The van der Waals surface area contributed by atoms with Crippen LogP contribution in [-0.4, -0.2) is 59.2 Å². The number of carbonyl (C=O) groups is 2. The van der Waals surface area contributed by atoms with Crippen LogP contribution in [0.4, 0.5) is 0 Å². The molecule has 2 fully saturated rings. The first-order chi connectivity index (χ1) is 17.4. The predicted molar refractivity (Wildman–Crippen MR) is 150 cm³/mol. The summed E-state index contributed by atoms with van der Waals surface area (Å²) in [6, 6.07) is 16.2. The Bertz CT molecular complexity index is 1110. The number of piperidine rings is 1. The van der Waals surface area contributed by atoms with Gasteiger partial charge in [-0.1, -0.05) is 72.4 Å². The molecule has 0 aromatic heterocycles. The van der Waals surface area contributed by atoms with Crippen LogP contribution in [0.25, 0.3) is 6.08 Å². The van der Waals surface area contributed by atoms with Gasteiger partial charge in [-0.2, -0.15) is 0 Å². The zero-order valence-electron chi connectivity index (χ0n) is 20.9. The standard InChI is InChI=1S/C28H33N3O3S2/c1-20-6-8-21(9-7-20)18-25-27(33)31(28(35)36-25)17-14-26(32)29-19-24(30-15-4-3-5-16-30)22-10-12-23(34-2)13-11-22/h6-13,18,24H,3-5,14-17,19H2,1-2H3,(H,29,32)/b25-18-. The van der Waals surface area contributed by atoms with E-state index in [1.165, 1.54) is 41.5 Å². The van der Waals surface area contributed by atoms with Gasteiger partial charge in [0.05, 0.1) is 18.1 Å². The average molecular weight is 524 g/mol. The van der Waals surface area contributed by atoms with Crippen LogP contribution in [-0.2, 0) is 9.59 Å². The van der Waals surface area contributed by atoms with E-state index in [4.69, 9.17) is 17.0 Å². The van der Waals surface area contributed by atoms with Gasteiger partial charge in [-0.3, -0.25) is 19.4 Å². The number of benzene rings is 2. The normalized spacial score (nSPS) is 18.5. The Hall–Kier alpha value is -2.68. The van der Waals surface area contributed by atoms with E-state index in [-0.39, 0.29) is 30.8 Å². The molecule has 0 aliphatic carbocycles. The summed E-state index contributed by atoms with van der Waals surface area (Å²) in [7, 11) is 1.66. The molecule has 1 atom stereocenters. The van der Waals surface area contributed by atoms with Crippen molar-refractivity contribution in [2.24, 2.45) is 0 Å². The number of rotatable bonds is 9. The topological polar surface area (TPSA) is 61.9 Å². The van der Waals surface area contributed by atoms with E-state index in [9.17, 15) is 9.59 Å². The van der Waals surface area contributed by atoms with E-state index in [1.807, 2.05) is 49.4 Å². The van der Waals surface area contributed by atoms with Crippen molar-refractivity contribution in [3.63, 3.8) is 0 Å². The molecule has 2 aliphatic heterocycles. The Morgan fingerprint density at radius 3 is 2.47 bits per heavy atom. The Kier molecular flexibility index (Phi) is 9.18. The molecule has 2 aromatic carbocycles. The van der Waals surface area contributed by atoms with Gasteiger partial charge in [0.1, 0.15) is 10.1 Å². The summed E-state index contributed by atoms with van der Waals surface area (Å²) in [4.78, 5) is 30.3. The number of nitrogens with one attached hydrogen (secondary N) is 1. The number of thioether (sulfide) groups is 1. The quantitative estimate of drug-likeness (QED) is 0.371. The Balaban J connectivity index is 1.34. The summed E-state index contributed by atoms with van der Waals surface area (Å²) in [5, 5.41) is 3.10. The second kappa shape index (κ2) is 12.5. The minimum atomic E-state index is -0.136. The first-order valence-electron chi connectivity index (χ1n) is 12.4. The lowest BCUT2D eigenvalue weighted by atomic mass is 10.0. The smallest absolute Gasteiger partial charge is 0.266 e. The molecule has 4 rings (SSSR count). The fourth-order valence-electron chi connectivity index (χ4n) is 4.53. The van der Waals surface area contributed by atoms with Gasteiger partial charge in [-0.05, 0) is 62.2 Å². The van der Waals surface area contributed by atoms with Crippen LogP contribution in [0.1, 0.15) is 48.4 Å². The maximum atomic E-state index is 12.9. The molecule has 8 heteroatoms. The van der Waals surface area contributed by atoms with Crippen LogP contribution in [0.5, 0.6) is 5.75 Å². The molecule has 6 nitrogen and oxygen atoms in total. The van der Waals surface area contributed by atoms with Crippen LogP contribution in [0, 0.1) is 6.92 Å². The highest BCUT2D eigenvalue weighted by Gasteiger charge is 2.32. The summed E-state index contributed by atoms with van der Waals surface area (Å²) >= 11 is 6.73. The van der Waals surface area contributed by atoms with E-state index in [2.05, 4.69) is 22.3 Å². The number of hydrogen-bond donors (Lipinski definition) is 1. The van der Waals surface area contributed by atoms with Gasteiger partial charge in [-0.15, -0.1) is 0 Å². The molecule has 36 heavy (non-hydrogen) atoms. The molecule has 190 valence electrons. The number of nitrogens with zero attached hydrogens (tertiary/aromatic N) is 2. The lowest BCUT2D eigenvalue weighted by Gasteiger charge is -2.35. The number of amides is 2. The highest BCUT2D eigenvalue weighted by Crippen LogP contribution is 2.32. The molecule has 0 saturated carbocycles. The maximum absolute atomic E-state index is 12.9. The number of likely N-dealkylation sites (tertiary alicyclic amines) is 1. The summed E-state index contributed by atoms with van der Waals surface area (Å²) in [5.74, 6) is 0.602. The monoisotopic (exact) mass is 523 g/mol. The van der Waals surface area contributed by atoms with Crippen molar-refractivity contribution in [3.05, 3.63) is 70.1 Å². The molecule has 2 heterocycles. The number of methoxy groups -OCH3 is 1. The molecule has 2 amide bonds. The number of aryl methyl sites for hydroxylation is 1. The zero-order valence-corrected chi connectivity index (χ0v) is 22.5. The van der Waals surface area contributed by atoms with E-state index in [1.54, 1.807) is 7.11 Å². The zero-order chi connectivity index (χ0) is 25.5. The highest BCUT2D eigenvalue weighted by atomic mass is 32.2. The fraction of sp³-hybridized carbons (Fsp3) is 0.393. The van der Waals surface area contributed by atoms with Crippen LogP contribution in [0.15, 0.2) is 53.4 Å². The third kappa shape index (κ3) is 6.75. The van der Waals surface area contributed by atoms with Crippen LogP contribution in [0.2, 0.25) is 0 Å². The van der Waals surface area contributed by atoms with Crippen LogP contribution in [0.3, 0.4) is 0 Å². The van der Waals surface area contributed by atoms with Crippen molar-refractivity contribution in [1.29, 1.82) is 0 Å². The summed E-state index contributed by atoms with van der Waals surface area (Å²) in [6.45, 7) is 4.88. The molecule has 1 unspecified atom stereocenters. The Morgan fingerprint density at radius 1 is 1.11 bits per heavy atom. The minimum absolute atomic E-state index is 0.0814. The van der Waals surface area contributed by atoms with E-state index < -0.39 is 0 Å². The van der Waals surface area contributed by atoms with Crippen molar-refractivity contribution in [2.75, 3.05) is 33.3 Å². The summed E-state index contributed by atoms with van der Waals surface area (Å²) in [6.07, 6.45) is 5.66. The molecule has 2 aromatic rings. The molecule has 0 spiro atoms. The van der Waals surface area contributed by atoms with Crippen molar-refractivity contribution >= 4 is 46.2 Å². The summed E-state index contributed by atoms with van der Waals surface area (Å²) in [5.41, 5.74) is 3.29. The van der Waals surface area contributed by atoms with E-state index >= 15 is 0 Å². The molecular formula is C28H33N3O3S2. The fourth-order valence-corrected chi connectivity index (χ4v) is 5.84. The van der Waals surface area contributed by atoms with Gasteiger partial charge >= 0.3 is 0 Å². The molecule has 2 aliphatic rings. The second-order valence-corrected chi connectivity index (χ2v) is 10.9. The lowest BCUT2D eigenvalue weighted by molar-refractivity contribution is -0.124. The minimum Gasteiger partial charge on any atom is -0.497 e. The first-order valence-corrected chi connectivity index (χ1v) is 13.6. The average Bonchev–Trinajstić information content (AvgIpc) is 3.17. The Morgan fingerprint density at radius 2 is 1.81 bits per heavy atom. The van der Waals surface area contributed by atoms with Crippen molar-refractivity contribution < 1.29 is 14.3 Å².